The van der Waals surface area contributed by atoms with Crippen molar-refractivity contribution in [3.05, 3.63) is 59.5 Å². The number of hydrogen-bond donors (Lipinski definition) is 2. The Bertz CT molecular complexity index is 1240. The van der Waals surface area contributed by atoms with Crippen molar-refractivity contribution >= 4 is 16.6 Å². The number of hydrogen-bond acceptors (Lipinski definition) is 5. The van der Waals surface area contributed by atoms with Crippen LogP contribution >= 0.6 is 0 Å². The van der Waals surface area contributed by atoms with Crippen LogP contribution in [0.5, 0.6) is 0 Å². The monoisotopic (exact) mass is 473 g/mol. The lowest BCUT2D eigenvalue weighted by molar-refractivity contribution is 0.0776. The molecule has 0 aliphatic carbocycles. The topological polar surface area (TPSA) is 74.9 Å². The zero-order valence-corrected chi connectivity index (χ0v) is 20.4. The second-order valence-corrected chi connectivity index (χ2v) is 9.36. The van der Waals surface area contributed by atoms with Crippen LogP contribution in [0.15, 0.2) is 42.6 Å². The van der Waals surface area contributed by atoms with Crippen LogP contribution in [0.3, 0.4) is 0 Å². The maximum absolute atomic E-state index is 13.3. The number of alkyl halides is 1. The lowest BCUT2D eigenvalue weighted by atomic mass is 9.91. The smallest absolute Gasteiger partial charge is 0.107 e. The standard InChI is InChI=1S/C28H32FN5O/c1-28(2,20-30)27-8-6-24(19-33-27)31-12-3-4-25-17-22-16-21(5-7-26(22)34(25)13-11-29)18-32-23-9-14-35-15-10-23/h5-8,16-17,19,23,31-32H,9-15,18H2,1-2H3. The van der Waals surface area contributed by atoms with E-state index in [4.69, 9.17) is 4.74 Å². The third-order valence-corrected chi connectivity index (χ3v) is 6.37. The Morgan fingerprint density at radius 3 is 2.74 bits per heavy atom. The molecule has 6 nitrogen and oxygen atoms in total. The molecule has 0 amide bonds. The molecule has 35 heavy (non-hydrogen) atoms. The van der Waals surface area contributed by atoms with Gasteiger partial charge in [0.15, 0.2) is 0 Å². The summed E-state index contributed by atoms with van der Waals surface area (Å²) < 4.78 is 20.7. The Labute approximate surface area is 206 Å². The Balaban J connectivity index is 1.42. The molecule has 3 heterocycles. The fraction of sp³-hybridized carbons (Fsp3) is 0.429. The number of nitrogens with one attached hydrogen (secondary N) is 2. The van der Waals surface area contributed by atoms with E-state index in [9.17, 15) is 9.65 Å². The average molecular weight is 474 g/mol. The number of anilines is 1. The van der Waals surface area contributed by atoms with Crippen LogP contribution in [0.25, 0.3) is 10.9 Å². The first-order chi connectivity index (χ1) is 17.0. The summed E-state index contributed by atoms with van der Waals surface area (Å²) >= 11 is 0. The molecule has 0 atom stereocenters. The Morgan fingerprint density at radius 2 is 2.03 bits per heavy atom. The van der Waals surface area contributed by atoms with Crippen molar-refractivity contribution in [3.63, 3.8) is 0 Å². The van der Waals surface area contributed by atoms with Crippen LogP contribution in [0.1, 0.15) is 43.6 Å². The van der Waals surface area contributed by atoms with Gasteiger partial charge in [-0.25, -0.2) is 4.39 Å². The SMILES string of the molecule is CC(C)(C#N)c1ccc(NCC#Cc2cc3cc(CNC4CCOCC4)ccc3n2CCF)cn1. The van der Waals surface area contributed by atoms with E-state index in [2.05, 4.69) is 51.7 Å². The van der Waals surface area contributed by atoms with E-state index in [-0.39, 0.29) is 6.54 Å². The van der Waals surface area contributed by atoms with Crippen molar-refractivity contribution in [3.8, 4) is 17.9 Å². The van der Waals surface area contributed by atoms with Gasteiger partial charge in [0.25, 0.3) is 0 Å². The van der Waals surface area contributed by atoms with E-state index >= 15 is 0 Å². The first-order valence-corrected chi connectivity index (χ1v) is 12.1. The minimum absolute atomic E-state index is 0.278. The maximum Gasteiger partial charge on any atom is 0.107 e. The molecule has 1 fully saturated rings. The van der Waals surface area contributed by atoms with Crippen LogP contribution in [0.2, 0.25) is 0 Å². The molecule has 182 valence electrons. The van der Waals surface area contributed by atoms with Crippen molar-refractivity contribution in [1.29, 1.82) is 5.26 Å². The molecule has 0 radical (unpaired) electrons. The largest absolute Gasteiger partial charge is 0.381 e. The van der Waals surface area contributed by atoms with Crippen molar-refractivity contribution in [2.24, 2.45) is 0 Å². The molecule has 7 heteroatoms. The highest BCUT2D eigenvalue weighted by Crippen LogP contribution is 2.22. The predicted octanol–water partition coefficient (Wildman–Crippen LogP) is 4.54. The van der Waals surface area contributed by atoms with Crippen LogP contribution in [-0.4, -0.2) is 42.0 Å². The molecule has 1 saturated heterocycles. The second kappa shape index (κ2) is 11.4. The van der Waals surface area contributed by atoms with Gasteiger partial charge in [-0.2, -0.15) is 5.26 Å². The molecular weight excluding hydrogens is 441 g/mol. The fourth-order valence-electron chi connectivity index (χ4n) is 4.23. The predicted molar refractivity (Wildman–Crippen MR) is 137 cm³/mol. The number of nitriles is 1. The highest BCUT2D eigenvalue weighted by atomic mass is 19.1. The summed E-state index contributed by atoms with van der Waals surface area (Å²) in [6, 6.07) is 14.9. The normalized spacial score (nSPS) is 14.3. The molecule has 1 aliphatic rings. The first kappa shape index (κ1) is 24.7. The molecule has 3 aromatic rings. The number of aromatic nitrogens is 2. The van der Waals surface area contributed by atoms with Gasteiger partial charge in [-0.3, -0.25) is 4.98 Å². The van der Waals surface area contributed by atoms with E-state index in [0.717, 1.165) is 60.6 Å². The number of aryl methyl sites for hydroxylation is 1. The zero-order chi connectivity index (χ0) is 24.7. The summed E-state index contributed by atoms with van der Waals surface area (Å²) in [5.41, 5.74) is 3.95. The number of ether oxygens (including phenoxy) is 1. The molecule has 1 aromatic carbocycles. The minimum Gasteiger partial charge on any atom is -0.381 e. The highest BCUT2D eigenvalue weighted by Gasteiger charge is 2.20. The van der Waals surface area contributed by atoms with Gasteiger partial charge >= 0.3 is 0 Å². The van der Waals surface area contributed by atoms with Crippen LogP contribution in [0, 0.1) is 23.2 Å². The zero-order valence-electron chi connectivity index (χ0n) is 20.4. The number of fused-ring (bicyclic) bond motifs is 1. The first-order valence-electron chi connectivity index (χ1n) is 12.1. The van der Waals surface area contributed by atoms with E-state index < -0.39 is 12.1 Å². The van der Waals surface area contributed by atoms with Gasteiger partial charge in [0, 0.05) is 36.7 Å². The number of pyridine rings is 1. The highest BCUT2D eigenvalue weighted by molar-refractivity contribution is 5.83. The number of benzene rings is 1. The third-order valence-electron chi connectivity index (χ3n) is 6.37. The molecule has 0 bridgehead atoms. The number of nitrogens with zero attached hydrogens (tertiary/aromatic N) is 3. The fourth-order valence-corrected chi connectivity index (χ4v) is 4.23. The van der Waals surface area contributed by atoms with E-state index in [0.29, 0.717) is 12.6 Å². The molecule has 0 unspecified atom stereocenters. The van der Waals surface area contributed by atoms with Crippen molar-refractivity contribution in [1.82, 2.24) is 14.9 Å². The lowest BCUT2D eigenvalue weighted by Crippen LogP contribution is -2.34. The molecule has 0 spiro atoms. The summed E-state index contributed by atoms with van der Waals surface area (Å²) in [7, 11) is 0. The van der Waals surface area contributed by atoms with Crippen molar-refractivity contribution < 1.29 is 9.13 Å². The molecular formula is C28H32FN5O. The van der Waals surface area contributed by atoms with Crippen molar-refractivity contribution in [2.75, 3.05) is 31.7 Å². The Morgan fingerprint density at radius 1 is 1.20 bits per heavy atom. The van der Waals surface area contributed by atoms with Crippen molar-refractivity contribution in [2.45, 2.75) is 51.2 Å². The Hall–Kier alpha value is -3.39. The number of halogens is 1. The van der Waals surface area contributed by atoms with E-state index in [1.165, 1.54) is 5.56 Å². The Kier molecular flexibility index (Phi) is 8.02. The molecule has 0 saturated carbocycles. The second-order valence-electron chi connectivity index (χ2n) is 9.36. The molecule has 1 aliphatic heterocycles. The summed E-state index contributed by atoms with van der Waals surface area (Å²) in [4.78, 5) is 4.39. The van der Waals surface area contributed by atoms with Gasteiger partial charge < -0.3 is 19.9 Å². The summed E-state index contributed by atoms with van der Waals surface area (Å²) in [5, 5.41) is 17.2. The summed E-state index contributed by atoms with van der Waals surface area (Å²) in [6.07, 6.45) is 3.80. The maximum atomic E-state index is 13.3. The van der Waals surface area contributed by atoms with Crippen LogP contribution in [0.4, 0.5) is 10.1 Å². The minimum atomic E-state index is -0.622. The average Bonchev–Trinajstić information content (AvgIpc) is 3.23. The van der Waals surface area contributed by atoms with E-state index in [1.807, 2.05) is 36.6 Å². The van der Waals surface area contributed by atoms with Gasteiger partial charge in [0.05, 0.1) is 47.8 Å². The third kappa shape index (κ3) is 6.19. The summed E-state index contributed by atoms with van der Waals surface area (Å²) in [5.74, 6) is 6.34. The van der Waals surface area contributed by atoms with Gasteiger partial charge in [0.1, 0.15) is 6.67 Å². The van der Waals surface area contributed by atoms with Gasteiger partial charge in [-0.15, -0.1) is 0 Å². The van der Waals surface area contributed by atoms with Gasteiger partial charge in [-0.1, -0.05) is 12.0 Å². The van der Waals surface area contributed by atoms with Crippen LogP contribution < -0.4 is 10.6 Å². The summed E-state index contributed by atoms with van der Waals surface area (Å²) in [6.45, 7) is 6.40. The van der Waals surface area contributed by atoms with Gasteiger partial charge in [-0.05, 0) is 68.5 Å². The molecule has 2 aromatic heterocycles. The quantitative estimate of drug-likeness (QED) is 0.470. The van der Waals surface area contributed by atoms with E-state index in [1.54, 1.807) is 6.20 Å². The number of rotatable bonds is 8. The lowest BCUT2D eigenvalue weighted by Gasteiger charge is -2.23. The molecule has 4 rings (SSSR count). The van der Waals surface area contributed by atoms with Crippen LogP contribution in [-0.2, 0) is 23.2 Å². The molecule has 2 N–H and O–H groups in total. The van der Waals surface area contributed by atoms with Gasteiger partial charge in [0.2, 0.25) is 0 Å².